The second-order valence-electron chi connectivity index (χ2n) is 10.1. The zero-order valence-electron chi connectivity index (χ0n) is 22.3. The number of hydrogen-bond donors (Lipinski definition) is 2. The van der Waals surface area contributed by atoms with Crippen molar-refractivity contribution >= 4 is 50.6 Å². The van der Waals surface area contributed by atoms with Gasteiger partial charge in [0.1, 0.15) is 15.5 Å². The van der Waals surface area contributed by atoms with Gasteiger partial charge in [0, 0.05) is 24.3 Å². The summed E-state index contributed by atoms with van der Waals surface area (Å²) in [5.74, 6) is 0.661. The van der Waals surface area contributed by atoms with Crippen LogP contribution in [0.2, 0.25) is 0 Å². The Morgan fingerprint density at radius 2 is 2.05 bits per heavy atom. The maximum Gasteiger partial charge on any atom is 0.331 e. The van der Waals surface area contributed by atoms with Crippen molar-refractivity contribution in [2.45, 2.75) is 32.7 Å². The van der Waals surface area contributed by atoms with E-state index < -0.39 is 0 Å². The number of carbonyl (C=O) groups is 2. The van der Waals surface area contributed by atoms with Gasteiger partial charge >= 0.3 is 6.03 Å². The van der Waals surface area contributed by atoms with E-state index in [1.165, 1.54) is 11.3 Å². The number of rotatable bonds is 6. The molecule has 0 saturated carbocycles. The minimum absolute atomic E-state index is 0.0888. The molecule has 3 amide bonds. The zero-order chi connectivity index (χ0) is 27.1. The second kappa shape index (κ2) is 10.3. The van der Waals surface area contributed by atoms with Crippen molar-refractivity contribution in [3.8, 4) is 16.9 Å². The number of benzene rings is 2. The van der Waals surface area contributed by atoms with Gasteiger partial charge in [0.05, 0.1) is 29.1 Å². The Balaban J connectivity index is 1.36. The molecule has 8 nitrogen and oxygen atoms in total. The molecular formula is C30H31N5O3S. The number of piperidine rings is 1. The highest BCUT2D eigenvalue weighted by molar-refractivity contribution is 7.21. The summed E-state index contributed by atoms with van der Waals surface area (Å²) in [6.45, 7) is 6.41. The van der Waals surface area contributed by atoms with Crippen LogP contribution in [0.4, 0.5) is 21.9 Å². The van der Waals surface area contributed by atoms with E-state index in [0.717, 1.165) is 70.0 Å². The summed E-state index contributed by atoms with van der Waals surface area (Å²) in [6.07, 6.45) is 3.70. The fourth-order valence-electron chi connectivity index (χ4n) is 5.58. The normalized spacial score (nSPS) is 17.3. The number of carbonyl (C=O) groups excluding carboxylic acids is 2. The van der Waals surface area contributed by atoms with E-state index in [1.807, 2.05) is 56.3 Å². The number of aromatic nitrogens is 1. The van der Waals surface area contributed by atoms with Gasteiger partial charge < -0.3 is 20.3 Å². The number of nitrogens with one attached hydrogen (secondary N) is 2. The Kier molecular flexibility index (Phi) is 6.70. The summed E-state index contributed by atoms with van der Waals surface area (Å²) in [6, 6.07) is 15.6. The van der Waals surface area contributed by atoms with Crippen LogP contribution < -0.4 is 20.3 Å². The van der Waals surface area contributed by atoms with Crippen LogP contribution in [-0.2, 0) is 0 Å². The number of urea groups is 1. The van der Waals surface area contributed by atoms with Crippen LogP contribution in [-0.4, -0.2) is 54.6 Å². The van der Waals surface area contributed by atoms with Crippen molar-refractivity contribution in [1.82, 2.24) is 15.2 Å². The highest BCUT2D eigenvalue weighted by Crippen LogP contribution is 2.46. The Morgan fingerprint density at radius 1 is 1.21 bits per heavy atom. The quantitative estimate of drug-likeness (QED) is 0.305. The maximum absolute atomic E-state index is 13.6. The highest BCUT2D eigenvalue weighted by atomic mass is 32.1. The Bertz CT molecular complexity index is 1580. The van der Waals surface area contributed by atoms with Crippen molar-refractivity contribution in [1.29, 1.82) is 0 Å². The van der Waals surface area contributed by atoms with Crippen molar-refractivity contribution in [3.05, 3.63) is 65.2 Å². The first-order valence-corrected chi connectivity index (χ1v) is 14.1. The molecular weight excluding hydrogens is 510 g/mol. The van der Waals surface area contributed by atoms with E-state index in [1.54, 1.807) is 11.1 Å². The van der Waals surface area contributed by atoms with Gasteiger partial charge in [0.25, 0.3) is 5.91 Å². The molecule has 1 atom stereocenters. The average Bonchev–Trinajstić information content (AvgIpc) is 3.29. The first-order valence-electron chi connectivity index (χ1n) is 13.3. The summed E-state index contributed by atoms with van der Waals surface area (Å²) in [5.41, 5.74) is 4.99. The number of hydrogen-bond acceptors (Lipinski definition) is 6. The minimum Gasteiger partial charge on any atom is -0.493 e. The highest BCUT2D eigenvalue weighted by Gasteiger charge is 2.34. The van der Waals surface area contributed by atoms with Crippen molar-refractivity contribution < 1.29 is 14.3 Å². The van der Waals surface area contributed by atoms with Gasteiger partial charge in [-0.05, 0) is 75.7 Å². The fraction of sp³-hybridized carbons (Fsp3) is 0.300. The van der Waals surface area contributed by atoms with Gasteiger partial charge in [-0.3, -0.25) is 9.69 Å². The SMILES string of the molecule is CCOc1ccccc1-c1ccc(N2C(=O)Nc3c(C(=O)N[C@@H]4CCCN(C)C4)sc4nccc2c34)c(C)c1. The molecule has 2 aromatic carbocycles. The molecule has 39 heavy (non-hydrogen) atoms. The van der Waals surface area contributed by atoms with Gasteiger partial charge in [-0.2, -0.15) is 0 Å². The summed E-state index contributed by atoms with van der Waals surface area (Å²) in [5, 5.41) is 6.98. The molecule has 4 aromatic rings. The van der Waals surface area contributed by atoms with E-state index in [-0.39, 0.29) is 18.0 Å². The number of pyridine rings is 1. The van der Waals surface area contributed by atoms with Gasteiger partial charge in [-0.25, -0.2) is 9.78 Å². The summed E-state index contributed by atoms with van der Waals surface area (Å²) >= 11 is 1.32. The largest absolute Gasteiger partial charge is 0.493 e. The zero-order valence-corrected chi connectivity index (χ0v) is 23.1. The molecule has 0 bridgehead atoms. The van der Waals surface area contributed by atoms with E-state index in [9.17, 15) is 9.59 Å². The maximum atomic E-state index is 13.6. The first kappa shape index (κ1) is 25.3. The number of ether oxygens (including phenoxy) is 1. The van der Waals surface area contributed by atoms with Crippen molar-refractivity contribution in [2.75, 3.05) is 37.0 Å². The third kappa shape index (κ3) is 4.62. The summed E-state index contributed by atoms with van der Waals surface area (Å²) in [4.78, 5) is 36.6. The van der Waals surface area contributed by atoms with Crippen LogP contribution in [0.15, 0.2) is 54.7 Å². The predicted molar refractivity (Wildman–Crippen MR) is 157 cm³/mol. The predicted octanol–water partition coefficient (Wildman–Crippen LogP) is 6.18. The molecule has 0 spiro atoms. The Morgan fingerprint density at radius 3 is 2.85 bits per heavy atom. The number of para-hydroxylation sites is 1. The number of anilines is 3. The van der Waals surface area contributed by atoms with Gasteiger partial charge in [-0.1, -0.05) is 24.3 Å². The van der Waals surface area contributed by atoms with Crippen LogP contribution in [0.1, 0.15) is 35.0 Å². The van der Waals surface area contributed by atoms with E-state index in [2.05, 4.69) is 33.6 Å². The average molecular weight is 542 g/mol. The lowest BCUT2D eigenvalue weighted by molar-refractivity contribution is 0.0917. The van der Waals surface area contributed by atoms with Crippen molar-refractivity contribution in [2.24, 2.45) is 0 Å². The van der Waals surface area contributed by atoms with Gasteiger partial charge in [-0.15, -0.1) is 11.3 Å². The molecule has 2 aliphatic heterocycles. The minimum atomic E-state index is -0.301. The lowest BCUT2D eigenvalue weighted by Gasteiger charge is -2.31. The molecule has 200 valence electrons. The topological polar surface area (TPSA) is 86.8 Å². The number of thiophene rings is 1. The standard InChI is InChI=1S/C30H31N5O3S/c1-4-38-24-10-6-5-9-21(24)19-11-12-22(18(2)16-19)35-23-13-14-31-29-25(23)26(33-30(35)37)27(39-29)28(36)32-20-8-7-15-34(3)17-20/h5-6,9-14,16,20H,4,7-8,15,17H2,1-3H3,(H,32,36)(H,33,37)/t20-/m1/s1. The molecule has 2 N–H and O–H groups in total. The van der Waals surface area contributed by atoms with Crippen LogP contribution in [0.5, 0.6) is 5.75 Å². The van der Waals surface area contributed by atoms with Gasteiger partial charge in [0.15, 0.2) is 0 Å². The first-order chi connectivity index (χ1) is 18.9. The van der Waals surface area contributed by atoms with Crippen LogP contribution in [0.25, 0.3) is 21.3 Å². The fourth-order valence-corrected chi connectivity index (χ4v) is 6.60. The lowest BCUT2D eigenvalue weighted by Crippen LogP contribution is -2.46. The second-order valence-corrected chi connectivity index (χ2v) is 11.1. The molecule has 1 saturated heterocycles. The van der Waals surface area contributed by atoms with Gasteiger partial charge in [0.2, 0.25) is 0 Å². The van der Waals surface area contributed by atoms with Crippen LogP contribution in [0.3, 0.4) is 0 Å². The molecule has 4 heterocycles. The smallest absolute Gasteiger partial charge is 0.331 e. The molecule has 2 aromatic heterocycles. The van der Waals surface area contributed by atoms with E-state index in [0.29, 0.717) is 17.2 Å². The number of likely N-dealkylation sites (tertiary alicyclic amines) is 1. The molecule has 0 aliphatic carbocycles. The number of amides is 3. The lowest BCUT2D eigenvalue weighted by atomic mass is 10.0. The Hall–Kier alpha value is -3.95. The summed E-state index contributed by atoms with van der Waals surface area (Å²) in [7, 11) is 2.07. The number of aryl methyl sites for hydroxylation is 1. The molecule has 1 fully saturated rings. The van der Waals surface area contributed by atoms with E-state index >= 15 is 0 Å². The molecule has 0 unspecified atom stereocenters. The summed E-state index contributed by atoms with van der Waals surface area (Å²) < 4.78 is 5.83. The molecule has 6 rings (SSSR count). The third-order valence-corrected chi connectivity index (χ3v) is 8.44. The van der Waals surface area contributed by atoms with Crippen LogP contribution in [0, 0.1) is 6.92 Å². The molecule has 0 radical (unpaired) electrons. The number of likely N-dealkylation sites (N-methyl/N-ethyl adjacent to an activating group) is 1. The van der Waals surface area contributed by atoms with Crippen LogP contribution >= 0.6 is 11.3 Å². The monoisotopic (exact) mass is 541 g/mol. The Labute approximate surface area is 231 Å². The third-order valence-electron chi connectivity index (χ3n) is 7.35. The molecule has 2 aliphatic rings. The molecule has 9 heteroatoms. The van der Waals surface area contributed by atoms with Crippen molar-refractivity contribution in [3.63, 3.8) is 0 Å². The van der Waals surface area contributed by atoms with E-state index in [4.69, 9.17) is 4.74 Å². The number of nitrogens with zero attached hydrogens (tertiary/aromatic N) is 3.